The van der Waals surface area contributed by atoms with Crippen LogP contribution in [0.4, 0.5) is 0 Å². The number of methoxy groups -OCH3 is 1. The average Bonchev–Trinajstić information content (AvgIpc) is 2.80. The third kappa shape index (κ3) is 3.97. The summed E-state index contributed by atoms with van der Waals surface area (Å²) in [6.07, 6.45) is -7.71. The molecule has 0 saturated carbocycles. The van der Waals surface area contributed by atoms with E-state index in [1.165, 1.54) is 25.3 Å². The van der Waals surface area contributed by atoms with Crippen molar-refractivity contribution in [1.29, 1.82) is 0 Å². The van der Waals surface area contributed by atoms with Crippen LogP contribution >= 0.6 is 0 Å². The predicted octanol–water partition coefficient (Wildman–Crippen LogP) is -0.236. The summed E-state index contributed by atoms with van der Waals surface area (Å²) in [4.78, 5) is 13.0. The molecule has 1 aliphatic heterocycles. The number of ether oxygens (including phenoxy) is 3. The van der Waals surface area contributed by atoms with E-state index in [0.717, 1.165) is 12.1 Å². The molecular formula is C22H22O12. The minimum absolute atomic E-state index is 0.111. The van der Waals surface area contributed by atoms with E-state index in [2.05, 4.69) is 0 Å². The van der Waals surface area contributed by atoms with Gasteiger partial charge in [-0.15, -0.1) is 0 Å². The van der Waals surface area contributed by atoms with E-state index in [9.17, 15) is 40.5 Å². The van der Waals surface area contributed by atoms with E-state index in [1.54, 1.807) is 0 Å². The molecule has 1 fully saturated rings. The van der Waals surface area contributed by atoms with Gasteiger partial charge in [-0.05, 0) is 18.2 Å². The van der Waals surface area contributed by atoms with Crippen molar-refractivity contribution in [2.24, 2.45) is 0 Å². The topological polar surface area (TPSA) is 200 Å². The highest BCUT2D eigenvalue weighted by molar-refractivity contribution is 5.88. The molecule has 3 aromatic rings. The summed E-state index contributed by atoms with van der Waals surface area (Å²) in [7, 11) is 1.22. The largest absolute Gasteiger partial charge is 0.507 e. The first-order chi connectivity index (χ1) is 16.2. The van der Waals surface area contributed by atoms with Gasteiger partial charge in [-0.2, -0.15) is 0 Å². The minimum Gasteiger partial charge on any atom is -0.507 e. The summed E-state index contributed by atoms with van der Waals surface area (Å²) in [6.45, 7) is -0.661. The molecular weight excluding hydrogens is 456 g/mol. The zero-order valence-corrected chi connectivity index (χ0v) is 17.7. The molecule has 4 rings (SSSR count). The zero-order chi connectivity index (χ0) is 24.7. The van der Waals surface area contributed by atoms with Gasteiger partial charge in [-0.1, -0.05) is 0 Å². The van der Waals surface area contributed by atoms with Crippen LogP contribution in [0.2, 0.25) is 0 Å². The fourth-order valence-corrected chi connectivity index (χ4v) is 3.66. The van der Waals surface area contributed by atoms with Crippen molar-refractivity contribution < 1.29 is 54.4 Å². The van der Waals surface area contributed by atoms with Crippen LogP contribution in [0.3, 0.4) is 0 Å². The van der Waals surface area contributed by atoms with Crippen molar-refractivity contribution >= 4 is 11.0 Å². The first-order valence-electron chi connectivity index (χ1n) is 10.0. The van der Waals surface area contributed by atoms with Crippen LogP contribution < -0.4 is 14.9 Å². The molecule has 34 heavy (non-hydrogen) atoms. The molecule has 182 valence electrons. The van der Waals surface area contributed by atoms with Gasteiger partial charge in [-0.25, -0.2) is 0 Å². The predicted molar refractivity (Wildman–Crippen MR) is 114 cm³/mol. The Balaban J connectivity index is 1.79. The van der Waals surface area contributed by atoms with Crippen molar-refractivity contribution in [3.8, 4) is 40.1 Å². The van der Waals surface area contributed by atoms with E-state index >= 15 is 0 Å². The molecule has 0 amide bonds. The molecule has 12 nitrogen and oxygen atoms in total. The quantitative estimate of drug-likeness (QED) is 0.238. The lowest BCUT2D eigenvalue weighted by molar-refractivity contribution is -0.277. The third-order valence-electron chi connectivity index (χ3n) is 5.45. The second kappa shape index (κ2) is 9.00. The molecule has 2 aromatic carbocycles. The number of rotatable bonds is 5. The molecule has 0 aliphatic carbocycles. The minimum atomic E-state index is -1.70. The van der Waals surface area contributed by atoms with Gasteiger partial charge in [-0.3, -0.25) is 4.79 Å². The van der Waals surface area contributed by atoms with Gasteiger partial charge < -0.3 is 54.4 Å². The molecule has 5 atom stereocenters. The Kier molecular flexibility index (Phi) is 6.25. The van der Waals surface area contributed by atoms with Gasteiger partial charge in [0.05, 0.1) is 13.7 Å². The normalized spacial score (nSPS) is 24.8. The fraction of sp³-hybridized carbons (Fsp3) is 0.318. The molecule has 1 aromatic heterocycles. The number of phenolic OH excluding ortho intramolecular Hbond substituents is 3. The fourth-order valence-electron chi connectivity index (χ4n) is 3.66. The van der Waals surface area contributed by atoms with Gasteiger partial charge in [0.1, 0.15) is 46.9 Å². The van der Waals surface area contributed by atoms with Crippen LogP contribution in [-0.2, 0) is 4.74 Å². The second-order valence-corrected chi connectivity index (χ2v) is 7.63. The van der Waals surface area contributed by atoms with Gasteiger partial charge in [0.25, 0.3) is 0 Å². The van der Waals surface area contributed by atoms with Crippen LogP contribution in [0.5, 0.6) is 28.7 Å². The van der Waals surface area contributed by atoms with Crippen LogP contribution in [-0.4, -0.2) is 80.2 Å². The molecule has 1 aliphatic rings. The van der Waals surface area contributed by atoms with Crippen LogP contribution in [0.25, 0.3) is 22.3 Å². The average molecular weight is 478 g/mol. The molecule has 5 unspecified atom stereocenters. The van der Waals surface area contributed by atoms with E-state index in [4.69, 9.17) is 18.6 Å². The van der Waals surface area contributed by atoms with E-state index in [-0.39, 0.29) is 33.8 Å². The van der Waals surface area contributed by atoms with E-state index in [1.807, 2.05) is 0 Å². The smallest absolute Gasteiger partial charge is 0.239 e. The highest BCUT2D eigenvalue weighted by Gasteiger charge is 2.44. The maximum absolute atomic E-state index is 13.0. The SMILES string of the molecule is COc1c(-c2ccc(O)c(O)c2)oc2cc(OC3OC(CO)C(O)C(O)C3O)cc(O)c2c1=O. The van der Waals surface area contributed by atoms with Gasteiger partial charge in [0.2, 0.25) is 17.5 Å². The standard InChI is InChI=1S/C22H22O12/c1-31-21-17(28)15-12(26)5-9(32-22-19(30)18(29)16(27)14(7-23)34-22)6-13(15)33-20(21)8-2-3-10(24)11(25)4-8/h2-6,14,16,18-19,22-27,29-30H,7H2,1H3. The first-order valence-corrected chi connectivity index (χ1v) is 10.0. The molecule has 2 heterocycles. The lowest BCUT2D eigenvalue weighted by atomic mass is 9.99. The van der Waals surface area contributed by atoms with Crippen molar-refractivity contribution in [1.82, 2.24) is 0 Å². The van der Waals surface area contributed by atoms with Crippen LogP contribution in [0, 0.1) is 0 Å². The van der Waals surface area contributed by atoms with Crippen molar-refractivity contribution in [3.05, 3.63) is 40.6 Å². The molecule has 12 heteroatoms. The number of aliphatic hydroxyl groups is 4. The Hall–Kier alpha value is -3.55. The van der Waals surface area contributed by atoms with Crippen molar-refractivity contribution in [2.75, 3.05) is 13.7 Å². The van der Waals surface area contributed by atoms with Gasteiger partial charge >= 0.3 is 0 Å². The van der Waals surface area contributed by atoms with Crippen LogP contribution in [0.15, 0.2) is 39.5 Å². The molecule has 0 spiro atoms. The molecule has 7 N–H and O–H groups in total. The summed E-state index contributed by atoms with van der Waals surface area (Å²) in [6, 6.07) is 5.96. The number of hydrogen-bond donors (Lipinski definition) is 7. The van der Waals surface area contributed by atoms with E-state index in [0.29, 0.717) is 0 Å². The van der Waals surface area contributed by atoms with Gasteiger partial charge in [0.15, 0.2) is 17.3 Å². The highest BCUT2D eigenvalue weighted by atomic mass is 16.7. The Morgan fingerprint density at radius 1 is 0.941 bits per heavy atom. The lowest BCUT2D eigenvalue weighted by Crippen LogP contribution is -2.60. The number of phenols is 3. The van der Waals surface area contributed by atoms with Crippen molar-refractivity contribution in [2.45, 2.75) is 30.7 Å². The number of aliphatic hydroxyl groups excluding tert-OH is 4. The molecule has 1 saturated heterocycles. The third-order valence-corrected chi connectivity index (χ3v) is 5.45. The maximum Gasteiger partial charge on any atom is 0.239 e. The first kappa shape index (κ1) is 23.6. The Labute approximate surface area is 191 Å². The monoisotopic (exact) mass is 478 g/mol. The van der Waals surface area contributed by atoms with E-state index < -0.39 is 60.0 Å². The molecule has 0 bridgehead atoms. The van der Waals surface area contributed by atoms with Gasteiger partial charge in [0, 0.05) is 17.7 Å². The summed E-state index contributed by atoms with van der Waals surface area (Å²) >= 11 is 0. The summed E-state index contributed by atoms with van der Waals surface area (Å²) in [5.74, 6) is -1.93. The van der Waals surface area contributed by atoms with Crippen molar-refractivity contribution in [3.63, 3.8) is 0 Å². The summed E-state index contributed by atoms with van der Waals surface area (Å²) in [5, 5.41) is 69.0. The second-order valence-electron chi connectivity index (χ2n) is 7.63. The number of fused-ring (bicyclic) bond motifs is 1. The lowest BCUT2D eigenvalue weighted by Gasteiger charge is -2.39. The van der Waals surface area contributed by atoms with Crippen LogP contribution in [0.1, 0.15) is 0 Å². The Morgan fingerprint density at radius 2 is 1.68 bits per heavy atom. The summed E-state index contributed by atoms with van der Waals surface area (Å²) < 4.78 is 21.7. The number of aromatic hydroxyl groups is 3. The Bertz CT molecular complexity index is 1270. The number of hydrogen-bond acceptors (Lipinski definition) is 12. The molecule has 0 radical (unpaired) electrons. The number of benzene rings is 2. The Morgan fingerprint density at radius 3 is 2.32 bits per heavy atom. The zero-order valence-electron chi connectivity index (χ0n) is 17.7. The maximum atomic E-state index is 13.0. The highest BCUT2D eigenvalue weighted by Crippen LogP contribution is 2.38. The summed E-state index contributed by atoms with van der Waals surface area (Å²) in [5.41, 5.74) is -0.706.